The largest absolute Gasteiger partial charge is 0.504 e. The predicted molar refractivity (Wildman–Crippen MR) is 92.2 cm³/mol. The fraction of sp³-hybridized carbons (Fsp3) is 0.294. The van der Waals surface area contributed by atoms with E-state index in [1.807, 2.05) is 0 Å². The van der Waals surface area contributed by atoms with E-state index < -0.39 is 0 Å². The first-order valence-electron chi connectivity index (χ1n) is 7.94. The van der Waals surface area contributed by atoms with Gasteiger partial charge in [0.05, 0.1) is 43.9 Å². The van der Waals surface area contributed by atoms with Crippen molar-refractivity contribution in [3.8, 4) is 28.6 Å². The van der Waals surface area contributed by atoms with Crippen LogP contribution < -0.4 is 9.64 Å². The van der Waals surface area contributed by atoms with Crippen LogP contribution >= 0.6 is 0 Å². The normalized spacial score (nSPS) is 14.8. The number of fused-ring (bicyclic) bond motifs is 1. The number of aromatic amines is 1. The molecule has 25 heavy (non-hydrogen) atoms. The van der Waals surface area contributed by atoms with Crippen molar-refractivity contribution in [1.82, 2.24) is 15.0 Å². The maximum Gasteiger partial charge on any atom is 0.200 e. The number of imidazole rings is 1. The second-order valence-corrected chi connectivity index (χ2v) is 5.79. The van der Waals surface area contributed by atoms with Gasteiger partial charge in [-0.15, -0.1) is 0 Å². The van der Waals surface area contributed by atoms with E-state index in [0.717, 1.165) is 29.8 Å². The summed E-state index contributed by atoms with van der Waals surface area (Å²) in [7, 11) is 1.43. The average Bonchev–Trinajstić information content (AvgIpc) is 3.09. The summed E-state index contributed by atoms with van der Waals surface area (Å²) in [5, 5.41) is 19.7. The molecule has 0 bridgehead atoms. The Hall–Kier alpha value is -3.00. The predicted octanol–water partition coefficient (Wildman–Crippen LogP) is 1.88. The summed E-state index contributed by atoms with van der Waals surface area (Å²) in [6.45, 7) is 2.93. The van der Waals surface area contributed by atoms with Gasteiger partial charge < -0.3 is 29.6 Å². The second-order valence-electron chi connectivity index (χ2n) is 5.79. The van der Waals surface area contributed by atoms with E-state index >= 15 is 0 Å². The number of pyridine rings is 1. The first kappa shape index (κ1) is 15.5. The van der Waals surface area contributed by atoms with E-state index in [-0.39, 0.29) is 17.2 Å². The third-order valence-corrected chi connectivity index (χ3v) is 4.27. The zero-order valence-electron chi connectivity index (χ0n) is 13.7. The van der Waals surface area contributed by atoms with Gasteiger partial charge in [-0.3, -0.25) is 4.98 Å². The number of H-pyrrole nitrogens is 1. The van der Waals surface area contributed by atoms with Gasteiger partial charge in [-0.2, -0.15) is 0 Å². The third kappa shape index (κ3) is 2.70. The van der Waals surface area contributed by atoms with E-state index in [2.05, 4.69) is 19.9 Å². The molecule has 130 valence electrons. The topological polar surface area (TPSA) is 104 Å². The molecule has 1 fully saturated rings. The number of anilines is 1. The minimum Gasteiger partial charge on any atom is -0.504 e. The lowest BCUT2D eigenvalue weighted by Gasteiger charge is -2.28. The van der Waals surface area contributed by atoms with Gasteiger partial charge in [0.2, 0.25) is 5.75 Å². The molecule has 1 aliphatic rings. The second kappa shape index (κ2) is 6.14. The molecule has 0 spiro atoms. The molecule has 0 aliphatic carbocycles. The Morgan fingerprint density at radius 1 is 1.20 bits per heavy atom. The van der Waals surface area contributed by atoms with Gasteiger partial charge >= 0.3 is 0 Å². The Balaban J connectivity index is 1.81. The van der Waals surface area contributed by atoms with Crippen molar-refractivity contribution < 1.29 is 19.7 Å². The Labute approximate surface area is 143 Å². The van der Waals surface area contributed by atoms with Crippen molar-refractivity contribution in [2.45, 2.75) is 0 Å². The molecule has 0 amide bonds. The van der Waals surface area contributed by atoms with Gasteiger partial charge in [-0.25, -0.2) is 4.98 Å². The molecule has 1 aliphatic heterocycles. The lowest BCUT2D eigenvalue weighted by molar-refractivity contribution is 0.123. The summed E-state index contributed by atoms with van der Waals surface area (Å²) < 4.78 is 10.5. The number of methoxy groups -OCH3 is 1. The van der Waals surface area contributed by atoms with Gasteiger partial charge in [-0.05, 0) is 12.1 Å². The number of rotatable bonds is 3. The SMILES string of the molecule is COc1cc(-c2nc3c(N4CCOCC4)cncc3[nH]2)cc(O)c1O. The quantitative estimate of drug-likeness (QED) is 0.624. The number of nitrogens with zero attached hydrogens (tertiary/aromatic N) is 3. The van der Waals surface area contributed by atoms with Gasteiger partial charge in [-0.1, -0.05) is 0 Å². The van der Waals surface area contributed by atoms with Gasteiger partial charge in [0.1, 0.15) is 11.3 Å². The average molecular weight is 342 g/mol. The number of nitrogens with one attached hydrogen (secondary N) is 1. The van der Waals surface area contributed by atoms with Crippen LogP contribution in [0, 0.1) is 0 Å². The molecule has 1 saturated heterocycles. The van der Waals surface area contributed by atoms with Crippen molar-refractivity contribution in [2.75, 3.05) is 38.3 Å². The monoisotopic (exact) mass is 342 g/mol. The van der Waals surface area contributed by atoms with E-state index in [1.165, 1.54) is 13.2 Å². The Morgan fingerprint density at radius 3 is 2.76 bits per heavy atom. The molecular formula is C17H18N4O4. The molecule has 8 heteroatoms. The molecule has 0 saturated carbocycles. The number of hydrogen-bond donors (Lipinski definition) is 3. The summed E-state index contributed by atoms with van der Waals surface area (Å²) >= 11 is 0. The number of benzene rings is 1. The van der Waals surface area contributed by atoms with Crippen LogP contribution in [0.1, 0.15) is 0 Å². The fourth-order valence-electron chi connectivity index (χ4n) is 2.98. The third-order valence-electron chi connectivity index (χ3n) is 4.27. The molecule has 2 aromatic heterocycles. The van der Waals surface area contributed by atoms with Crippen LogP contribution in [0.25, 0.3) is 22.4 Å². The van der Waals surface area contributed by atoms with Crippen molar-refractivity contribution >= 4 is 16.7 Å². The number of aromatic nitrogens is 3. The first-order valence-corrected chi connectivity index (χ1v) is 7.94. The Bertz CT molecular complexity index is 918. The van der Waals surface area contributed by atoms with E-state index in [4.69, 9.17) is 9.47 Å². The van der Waals surface area contributed by atoms with E-state index in [0.29, 0.717) is 24.6 Å². The molecule has 8 nitrogen and oxygen atoms in total. The lowest BCUT2D eigenvalue weighted by atomic mass is 10.1. The maximum absolute atomic E-state index is 9.90. The molecule has 0 radical (unpaired) electrons. The highest BCUT2D eigenvalue weighted by Crippen LogP contribution is 2.39. The molecule has 3 N–H and O–H groups in total. The van der Waals surface area contributed by atoms with E-state index in [1.54, 1.807) is 18.5 Å². The smallest absolute Gasteiger partial charge is 0.200 e. The highest BCUT2D eigenvalue weighted by Gasteiger charge is 2.18. The van der Waals surface area contributed by atoms with Crippen LogP contribution in [-0.2, 0) is 4.74 Å². The molecule has 1 aromatic carbocycles. The molecule has 3 aromatic rings. The standard InChI is InChI=1S/C17H18N4O4/c1-24-14-7-10(6-13(22)16(14)23)17-19-11-8-18-9-12(15(11)20-17)21-2-4-25-5-3-21/h6-9,22-23H,2-5H2,1H3,(H,19,20). The number of morpholine rings is 1. The summed E-state index contributed by atoms with van der Waals surface area (Å²) in [6.07, 6.45) is 3.51. The molecular weight excluding hydrogens is 324 g/mol. The summed E-state index contributed by atoms with van der Waals surface area (Å²) in [6, 6.07) is 3.06. The van der Waals surface area contributed by atoms with Crippen molar-refractivity contribution in [1.29, 1.82) is 0 Å². The number of phenols is 2. The van der Waals surface area contributed by atoms with Crippen LogP contribution in [0.15, 0.2) is 24.5 Å². The van der Waals surface area contributed by atoms with Crippen LogP contribution in [-0.4, -0.2) is 58.6 Å². The van der Waals surface area contributed by atoms with E-state index in [9.17, 15) is 10.2 Å². The highest BCUT2D eigenvalue weighted by molar-refractivity contribution is 5.90. The minimum absolute atomic E-state index is 0.182. The Kier molecular flexibility index (Phi) is 3.81. The molecule has 3 heterocycles. The minimum atomic E-state index is -0.293. The van der Waals surface area contributed by atoms with Crippen LogP contribution in [0.3, 0.4) is 0 Å². The Morgan fingerprint density at radius 2 is 2.00 bits per heavy atom. The maximum atomic E-state index is 9.90. The molecule has 4 rings (SSSR count). The zero-order chi connectivity index (χ0) is 17.4. The number of phenolic OH excluding ortho intramolecular Hbond substituents is 2. The first-order chi connectivity index (χ1) is 12.2. The fourth-order valence-corrected chi connectivity index (χ4v) is 2.98. The highest BCUT2D eigenvalue weighted by atomic mass is 16.5. The zero-order valence-corrected chi connectivity index (χ0v) is 13.7. The molecule has 0 atom stereocenters. The van der Waals surface area contributed by atoms with Crippen LogP contribution in [0.4, 0.5) is 5.69 Å². The summed E-state index contributed by atoms with van der Waals surface area (Å²) in [5.74, 6) is 0.187. The van der Waals surface area contributed by atoms with Gasteiger partial charge in [0.25, 0.3) is 0 Å². The van der Waals surface area contributed by atoms with Crippen LogP contribution in [0.2, 0.25) is 0 Å². The number of ether oxygens (including phenoxy) is 2. The van der Waals surface area contributed by atoms with Crippen molar-refractivity contribution in [2.24, 2.45) is 0 Å². The molecule has 0 unspecified atom stereocenters. The lowest BCUT2D eigenvalue weighted by Crippen LogP contribution is -2.36. The van der Waals surface area contributed by atoms with Crippen LogP contribution in [0.5, 0.6) is 17.2 Å². The summed E-state index contributed by atoms with van der Waals surface area (Å²) in [5.41, 5.74) is 3.15. The van der Waals surface area contributed by atoms with Crippen molar-refractivity contribution in [3.63, 3.8) is 0 Å². The number of aromatic hydroxyl groups is 2. The van der Waals surface area contributed by atoms with Crippen molar-refractivity contribution in [3.05, 3.63) is 24.5 Å². The number of hydrogen-bond acceptors (Lipinski definition) is 7. The summed E-state index contributed by atoms with van der Waals surface area (Å²) in [4.78, 5) is 14.4. The van der Waals surface area contributed by atoms with Gasteiger partial charge in [0.15, 0.2) is 11.5 Å². The van der Waals surface area contributed by atoms with Gasteiger partial charge in [0, 0.05) is 18.7 Å².